The highest BCUT2D eigenvalue weighted by atomic mass is 16.5. The Hall–Kier alpha value is -2.62. The van der Waals surface area contributed by atoms with Gasteiger partial charge in [-0.25, -0.2) is 0 Å². The van der Waals surface area contributed by atoms with E-state index in [9.17, 15) is 9.59 Å². The molecule has 0 radical (unpaired) electrons. The van der Waals surface area contributed by atoms with Crippen LogP contribution in [0.2, 0.25) is 0 Å². The number of aldehydes is 1. The van der Waals surface area contributed by atoms with E-state index in [1.807, 2.05) is 23.1 Å². The molecule has 0 aromatic heterocycles. The van der Waals surface area contributed by atoms with Crippen molar-refractivity contribution in [1.82, 2.24) is 4.90 Å². The lowest BCUT2D eigenvalue weighted by atomic mass is 10.0. The molecule has 2 aromatic rings. The molecule has 0 bridgehead atoms. The number of hydrogen-bond acceptors (Lipinski definition) is 3. The Morgan fingerprint density at radius 2 is 1.87 bits per heavy atom. The van der Waals surface area contributed by atoms with Gasteiger partial charge in [0.2, 0.25) is 0 Å². The minimum absolute atomic E-state index is 0.0444. The molecular weight excluding hydrogens is 290 g/mol. The van der Waals surface area contributed by atoms with Crippen LogP contribution in [-0.2, 0) is 4.79 Å². The first-order valence-electron chi connectivity index (χ1n) is 7.81. The third-order valence-electron chi connectivity index (χ3n) is 4.15. The average molecular weight is 309 g/mol. The lowest BCUT2D eigenvalue weighted by molar-refractivity contribution is -0.134. The van der Waals surface area contributed by atoms with Gasteiger partial charge in [0.25, 0.3) is 5.91 Å². The SMILES string of the molecule is O=Cc1ccccc1OCC(=O)N1CCCC1c1ccccc1. The van der Waals surface area contributed by atoms with E-state index in [0.29, 0.717) is 11.3 Å². The number of benzene rings is 2. The smallest absolute Gasteiger partial charge is 0.261 e. The molecule has 1 fully saturated rings. The van der Waals surface area contributed by atoms with Gasteiger partial charge in [-0.3, -0.25) is 9.59 Å². The van der Waals surface area contributed by atoms with Crippen molar-refractivity contribution >= 4 is 12.2 Å². The van der Waals surface area contributed by atoms with E-state index < -0.39 is 0 Å². The summed E-state index contributed by atoms with van der Waals surface area (Å²) in [7, 11) is 0. The summed E-state index contributed by atoms with van der Waals surface area (Å²) in [6.45, 7) is 0.700. The topological polar surface area (TPSA) is 46.6 Å². The second-order valence-corrected chi connectivity index (χ2v) is 5.60. The van der Waals surface area contributed by atoms with Gasteiger partial charge in [0, 0.05) is 6.54 Å². The lowest BCUT2D eigenvalue weighted by Crippen LogP contribution is -2.34. The minimum atomic E-state index is -0.0474. The van der Waals surface area contributed by atoms with E-state index in [0.717, 1.165) is 31.2 Å². The van der Waals surface area contributed by atoms with Crippen LogP contribution in [0.3, 0.4) is 0 Å². The molecule has 4 nitrogen and oxygen atoms in total. The van der Waals surface area contributed by atoms with Crippen LogP contribution in [-0.4, -0.2) is 30.2 Å². The molecule has 0 spiro atoms. The molecule has 1 atom stereocenters. The third-order valence-corrected chi connectivity index (χ3v) is 4.15. The normalized spacial score (nSPS) is 17.0. The molecule has 3 rings (SSSR count). The fourth-order valence-corrected chi connectivity index (χ4v) is 3.02. The van der Waals surface area contributed by atoms with Crippen molar-refractivity contribution < 1.29 is 14.3 Å². The van der Waals surface area contributed by atoms with Crippen LogP contribution in [0.15, 0.2) is 54.6 Å². The van der Waals surface area contributed by atoms with Crippen molar-refractivity contribution in [2.24, 2.45) is 0 Å². The number of amides is 1. The molecule has 1 heterocycles. The summed E-state index contributed by atoms with van der Waals surface area (Å²) < 4.78 is 5.56. The van der Waals surface area contributed by atoms with Crippen molar-refractivity contribution in [3.63, 3.8) is 0 Å². The molecule has 4 heteroatoms. The molecule has 0 aliphatic carbocycles. The van der Waals surface area contributed by atoms with Crippen LogP contribution in [0.1, 0.15) is 34.8 Å². The van der Waals surface area contributed by atoms with E-state index in [1.165, 1.54) is 0 Å². The maximum Gasteiger partial charge on any atom is 0.261 e. The van der Waals surface area contributed by atoms with Crippen LogP contribution in [0.25, 0.3) is 0 Å². The minimum Gasteiger partial charge on any atom is -0.483 e. The Balaban J connectivity index is 1.67. The highest BCUT2D eigenvalue weighted by Gasteiger charge is 2.29. The fraction of sp³-hybridized carbons (Fsp3) is 0.263. The number of rotatable bonds is 5. The average Bonchev–Trinajstić information content (AvgIpc) is 3.10. The largest absolute Gasteiger partial charge is 0.483 e. The molecule has 118 valence electrons. The number of para-hydroxylation sites is 1. The molecular formula is C19H19NO3. The Labute approximate surface area is 135 Å². The summed E-state index contributed by atoms with van der Waals surface area (Å²) in [5.74, 6) is 0.406. The zero-order valence-electron chi connectivity index (χ0n) is 12.9. The van der Waals surface area contributed by atoms with Gasteiger partial charge in [-0.1, -0.05) is 42.5 Å². The number of likely N-dealkylation sites (tertiary alicyclic amines) is 1. The van der Waals surface area contributed by atoms with Crippen molar-refractivity contribution in [2.45, 2.75) is 18.9 Å². The maximum absolute atomic E-state index is 12.5. The maximum atomic E-state index is 12.5. The monoisotopic (exact) mass is 309 g/mol. The fourth-order valence-electron chi connectivity index (χ4n) is 3.02. The Bertz CT molecular complexity index is 684. The van der Waals surface area contributed by atoms with Crippen LogP contribution < -0.4 is 4.74 Å². The third kappa shape index (κ3) is 3.42. The predicted octanol–water partition coefficient (Wildman–Crippen LogP) is 3.24. The van der Waals surface area contributed by atoms with E-state index in [1.54, 1.807) is 24.3 Å². The number of ether oxygens (including phenoxy) is 1. The van der Waals surface area contributed by atoms with Crippen LogP contribution in [0, 0.1) is 0 Å². The van der Waals surface area contributed by atoms with Crippen molar-refractivity contribution in [1.29, 1.82) is 0 Å². The van der Waals surface area contributed by atoms with Gasteiger partial charge in [-0.05, 0) is 30.5 Å². The zero-order valence-corrected chi connectivity index (χ0v) is 12.9. The molecule has 1 saturated heterocycles. The van der Waals surface area contributed by atoms with Crippen LogP contribution in [0.4, 0.5) is 0 Å². The summed E-state index contributed by atoms with van der Waals surface area (Å²) in [4.78, 5) is 25.4. The highest BCUT2D eigenvalue weighted by molar-refractivity contribution is 5.81. The van der Waals surface area contributed by atoms with Gasteiger partial charge in [-0.2, -0.15) is 0 Å². The first-order valence-corrected chi connectivity index (χ1v) is 7.81. The summed E-state index contributed by atoms with van der Waals surface area (Å²) in [5, 5.41) is 0. The molecule has 0 saturated carbocycles. The molecule has 1 aliphatic rings. The number of carbonyl (C=O) groups excluding carboxylic acids is 2. The van der Waals surface area contributed by atoms with Gasteiger partial charge in [0.1, 0.15) is 5.75 Å². The molecule has 1 unspecified atom stereocenters. The van der Waals surface area contributed by atoms with Crippen molar-refractivity contribution in [2.75, 3.05) is 13.2 Å². The van der Waals surface area contributed by atoms with Crippen LogP contribution in [0.5, 0.6) is 5.75 Å². The van der Waals surface area contributed by atoms with Gasteiger partial charge < -0.3 is 9.64 Å². The summed E-state index contributed by atoms with van der Waals surface area (Å²) in [6, 6.07) is 17.1. The van der Waals surface area contributed by atoms with Crippen molar-refractivity contribution in [3.8, 4) is 5.75 Å². The van der Waals surface area contributed by atoms with Gasteiger partial charge in [-0.15, -0.1) is 0 Å². The van der Waals surface area contributed by atoms with E-state index >= 15 is 0 Å². The standard InChI is InChI=1S/C19H19NO3/c21-13-16-9-4-5-11-18(16)23-14-19(22)20-12-6-10-17(20)15-7-2-1-3-8-15/h1-5,7-9,11,13,17H,6,10,12,14H2. The quantitative estimate of drug-likeness (QED) is 0.797. The first kappa shape index (κ1) is 15.3. The number of nitrogens with zero attached hydrogens (tertiary/aromatic N) is 1. The molecule has 23 heavy (non-hydrogen) atoms. The molecule has 0 N–H and O–H groups in total. The second-order valence-electron chi connectivity index (χ2n) is 5.60. The van der Waals surface area contributed by atoms with Gasteiger partial charge in [0.15, 0.2) is 12.9 Å². The summed E-state index contributed by atoms with van der Waals surface area (Å²) in [5.41, 5.74) is 1.62. The first-order chi connectivity index (χ1) is 11.3. The van der Waals surface area contributed by atoms with Crippen molar-refractivity contribution in [3.05, 3.63) is 65.7 Å². The molecule has 2 aromatic carbocycles. The zero-order chi connectivity index (χ0) is 16.1. The molecule has 1 aliphatic heterocycles. The number of carbonyl (C=O) groups is 2. The Kier molecular flexibility index (Phi) is 4.71. The molecule has 1 amide bonds. The summed E-state index contributed by atoms with van der Waals surface area (Å²) >= 11 is 0. The summed E-state index contributed by atoms with van der Waals surface area (Å²) in [6.07, 6.45) is 2.71. The van der Waals surface area contributed by atoms with E-state index in [2.05, 4.69) is 12.1 Å². The van der Waals surface area contributed by atoms with Crippen LogP contribution >= 0.6 is 0 Å². The lowest BCUT2D eigenvalue weighted by Gasteiger charge is -2.25. The second kappa shape index (κ2) is 7.09. The van der Waals surface area contributed by atoms with E-state index in [4.69, 9.17) is 4.74 Å². The van der Waals surface area contributed by atoms with Gasteiger partial charge in [0.05, 0.1) is 11.6 Å². The Morgan fingerprint density at radius 1 is 1.13 bits per heavy atom. The predicted molar refractivity (Wildman–Crippen MR) is 87.5 cm³/mol. The number of hydrogen-bond donors (Lipinski definition) is 0. The van der Waals surface area contributed by atoms with E-state index in [-0.39, 0.29) is 18.6 Å². The Morgan fingerprint density at radius 3 is 2.65 bits per heavy atom. The highest BCUT2D eigenvalue weighted by Crippen LogP contribution is 2.31. The van der Waals surface area contributed by atoms with Gasteiger partial charge >= 0.3 is 0 Å².